The summed E-state index contributed by atoms with van der Waals surface area (Å²) < 4.78 is 4.86. The molecule has 0 aliphatic heterocycles. The fourth-order valence-electron chi connectivity index (χ4n) is 6.60. The van der Waals surface area contributed by atoms with Crippen LogP contribution in [-0.4, -0.2) is 14.5 Å². The second kappa shape index (κ2) is 10.3. The number of nitrogens with zero attached hydrogens (tertiary/aromatic N) is 3. The molecule has 0 saturated carbocycles. The predicted octanol–water partition coefficient (Wildman–Crippen LogP) is 11.6. The predicted molar refractivity (Wildman–Crippen MR) is 195 cm³/mol. The van der Waals surface area contributed by atoms with Crippen LogP contribution in [0.25, 0.3) is 76.0 Å². The van der Waals surface area contributed by atoms with Crippen molar-refractivity contribution in [2.75, 3.05) is 0 Å². The molecule has 8 rings (SSSR count). The van der Waals surface area contributed by atoms with Crippen molar-refractivity contribution < 1.29 is 0 Å². The largest absolute Gasteiger partial charge is 0.278 e. The highest BCUT2D eigenvalue weighted by atomic mass is 32.1. The molecule has 0 radical (unpaired) electrons. The third-order valence-electron chi connectivity index (χ3n) is 8.90. The number of rotatable bonds is 4. The molecule has 45 heavy (non-hydrogen) atoms. The summed E-state index contributed by atoms with van der Waals surface area (Å²) in [6, 6.07) is 35.3. The molecule has 218 valence electrons. The number of aryl methyl sites for hydroxylation is 1. The summed E-state index contributed by atoms with van der Waals surface area (Å²) in [7, 11) is 0. The summed E-state index contributed by atoms with van der Waals surface area (Å²) in [5.74, 6) is 0.673. The zero-order valence-corrected chi connectivity index (χ0v) is 26.7. The van der Waals surface area contributed by atoms with Crippen molar-refractivity contribution in [3.63, 3.8) is 0 Å². The van der Waals surface area contributed by atoms with Crippen molar-refractivity contribution in [1.82, 2.24) is 14.5 Å². The third-order valence-corrected chi connectivity index (χ3v) is 10.0. The SMILES string of the molecule is C=C/C=C\c1c(C)nc(-n2c3cc4c(cc3c3c5ccccc5ccc32)sc2ccccc24)nc1-c1ccc(C(C)(C)C)cc1. The zero-order chi connectivity index (χ0) is 30.9. The normalized spacial score (nSPS) is 12.4. The molecular formula is C41H33N3S. The van der Waals surface area contributed by atoms with Gasteiger partial charge in [-0.25, -0.2) is 9.97 Å². The van der Waals surface area contributed by atoms with Crippen LogP contribution in [0.4, 0.5) is 0 Å². The van der Waals surface area contributed by atoms with E-state index in [0.717, 1.165) is 33.5 Å². The van der Waals surface area contributed by atoms with Gasteiger partial charge in [0.25, 0.3) is 0 Å². The molecule has 3 aromatic heterocycles. The standard InChI is InChI=1S/C41H33N3S/c1-6-7-13-29-25(2)42-40(43-39(29)27-17-20-28(21-18-27)41(3,4)5)44-34-22-19-26-12-8-9-14-30(26)38(34)33-24-37-32(23-35(33)44)31-15-10-11-16-36(31)45-37/h6-24H,1H2,2-5H3/b13-7-. The Morgan fingerprint density at radius 2 is 1.49 bits per heavy atom. The van der Waals surface area contributed by atoms with Crippen molar-refractivity contribution in [2.24, 2.45) is 0 Å². The average molecular weight is 600 g/mol. The lowest BCUT2D eigenvalue weighted by Crippen LogP contribution is -2.10. The van der Waals surface area contributed by atoms with Gasteiger partial charge in [0.2, 0.25) is 5.95 Å². The number of hydrogen-bond donors (Lipinski definition) is 0. The molecule has 0 atom stereocenters. The second-order valence-corrected chi connectivity index (χ2v) is 13.9. The van der Waals surface area contributed by atoms with Crippen molar-refractivity contribution >= 4 is 70.2 Å². The molecule has 0 amide bonds. The highest BCUT2D eigenvalue weighted by Gasteiger charge is 2.21. The van der Waals surface area contributed by atoms with E-state index < -0.39 is 0 Å². The minimum Gasteiger partial charge on any atom is -0.278 e. The molecule has 0 fully saturated rings. The fourth-order valence-corrected chi connectivity index (χ4v) is 7.73. The van der Waals surface area contributed by atoms with Crippen molar-refractivity contribution in [3.8, 4) is 17.2 Å². The van der Waals surface area contributed by atoms with E-state index in [4.69, 9.17) is 9.97 Å². The van der Waals surface area contributed by atoms with E-state index in [2.05, 4.69) is 142 Å². The van der Waals surface area contributed by atoms with E-state index in [1.54, 1.807) is 6.08 Å². The molecule has 0 unspecified atom stereocenters. The van der Waals surface area contributed by atoms with Crippen LogP contribution in [0.5, 0.6) is 0 Å². The molecule has 3 heterocycles. The third kappa shape index (κ3) is 4.40. The second-order valence-electron chi connectivity index (χ2n) is 12.8. The monoisotopic (exact) mass is 599 g/mol. The fraction of sp³-hybridized carbons (Fsp3) is 0.122. The smallest absolute Gasteiger partial charge is 0.235 e. The molecule has 0 bridgehead atoms. The Morgan fingerprint density at radius 3 is 2.27 bits per heavy atom. The quantitative estimate of drug-likeness (QED) is 0.188. The zero-order valence-electron chi connectivity index (χ0n) is 25.9. The maximum Gasteiger partial charge on any atom is 0.235 e. The Balaban J connectivity index is 1.48. The van der Waals surface area contributed by atoms with Gasteiger partial charge in [0.15, 0.2) is 0 Å². The molecule has 0 aliphatic rings. The van der Waals surface area contributed by atoms with Crippen LogP contribution in [0.15, 0.2) is 116 Å². The van der Waals surface area contributed by atoms with E-state index in [1.165, 1.54) is 47.3 Å². The van der Waals surface area contributed by atoms with Crippen LogP contribution in [0.2, 0.25) is 0 Å². The van der Waals surface area contributed by atoms with E-state index in [-0.39, 0.29) is 5.41 Å². The van der Waals surface area contributed by atoms with Gasteiger partial charge in [-0.05, 0) is 52.9 Å². The van der Waals surface area contributed by atoms with Gasteiger partial charge in [-0.2, -0.15) is 0 Å². The number of fused-ring (bicyclic) bond motifs is 8. The molecule has 0 spiro atoms. The highest BCUT2D eigenvalue weighted by molar-refractivity contribution is 7.25. The van der Waals surface area contributed by atoms with E-state index in [0.29, 0.717) is 5.95 Å². The maximum absolute atomic E-state index is 5.37. The summed E-state index contributed by atoms with van der Waals surface area (Å²) in [6.45, 7) is 12.7. The van der Waals surface area contributed by atoms with Crippen LogP contribution in [-0.2, 0) is 5.41 Å². The first kappa shape index (κ1) is 27.5. The van der Waals surface area contributed by atoms with Gasteiger partial charge in [0, 0.05) is 42.1 Å². The Kier molecular flexibility index (Phi) is 6.26. The molecule has 4 heteroatoms. The van der Waals surface area contributed by atoms with Gasteiger partial charge >= 0.3 is 0 Å². The van der Waals surface area contributed by atoms with Gasteiger partial charge in [0.05, 0.1) is 22.4 Å². The lowest BCUT2D eigenvalue weighted by molar-refractivity contribution is 0.590. The number of benzene rings is 5. The lowest BCUT2D eigenvalue weighted by Gasteiger charge is -2.19. The van der Waals surface area contributed by atoms with Crippen molar-refractivity contribution in [1.29, 1.82) is 0 Å². The van der Waals surface area contributed by atoms with Crippen molar-refractivity contribution in [3.05, 3.63) is 133 Å². The summed E-state index contributed by atoms with van der Waals surface area (Å²) >= 11 is 1.85. The number of allylic oxidation sites excluding steroid dienone is 2. The van der Waals surface area contributed by atoms with Crippen LogP contribution in [0, 0.1) is 6.92 Å². The van der Waals surface area contributed by atoms with Gasteiger partial charge < -0.3 is 0 Å². The van der Waals surface area contributed by atoms with Gasteiger partial charge in [-0.3, -0.25) is 4.57 Å². The number of aromatic nitrogens is 3. The topological polar surface area (TPSA) is 30.7 Å². The van der Waals surface area contributed by atoms with Crippen LogP contribution >= 0.6 is 11.3 Å². The first-order valence-electron chi connectivity index (χ1n) is 15.4. The first-order valence-corrected chi connectivity index (χ1v) is 16.2. The lowest BCUT2D eigenvalue weighted by atomic mass is 9.86. The molecule has 0 N–H and O–H groups in total. The molecule has 0 saturated heterocycles. The molecule has 3 nitrogen and oxygen atoms in total. The maximum atomic E-state index is 5.37. The minimum absolute atomic E-state index is 0.0692. The van der Waals surface area contributed by atoms with E-state index in [1.807, 2.05) is 17.4 Å². The summed E-state index contributed by atoms with van der Waals surface area (Å²) in [6.07, 6.45) is 5.83. The molecule has 8 aromatic rings. The van der Waals surface area contributed by atoms with Gasteiger partial charge in [-0.15, -0.1) is 11.3 Å². The minimum atomic E-state index is 0.0692. The summed E-state index contributed by atoms with van der Waals surface area (Å²) in [4.78, 5) is 10.6. The number of hydrogen-bond acceptors (Lipinski definition) is 3. The average Bonchev–Trinajstić information content (AvgIpc) is 3.57. The van der Waals surface area contributed by atoms with Crippen LogP contribution < -0.4 is 0 Å². The van der Waals surface area contributed by atoms with Crippen LogP contribution in [0.1, 0.15) is 37.6 Å². The molecule has 5 aromatic carbocycles. The molecular weight excluding hydrogens is 567 g/mol. The highest BCUT2D eigenvalue weighted by Crippen LogP contribution is 2.42. The van der Waals surface area contributed by atoms with Gasteiger partial charge in [-0.1, -0.05) is 118 Å². The van der Waals surface area contributed by atoms with Crippen molar-refractivity contribution in [2.45, 2.75) is 33.1 Å². The molecule has 0 aliphatic carbocycles. The summed E-state index contributed by atoms with van der Waals surface area (Å²) in [5.41, 5.74) is 7.48. The Hall–Kier alpha value is -5.06. The Bertz CT molecular complexity index is 2480. The number of thiophene rings is 1. The van der Waals surface area contributed by atoms with E-state index in [9.17, 15) is 0 Å². The van der Waals surface area contributed by atoms with Crippen LogP contribution in [0.3, 0.4) is 0 Å². The van der Waals surface area contributed by atoms with E-state index >= 15 is 0 Å². The Morgan fingerprint density at radius 1 is 0.733 bits per heavy atom. The van der Waals surface area contributed by atoms with Gasteiger partial charge in [0.1, 0.15) is 0 Å². The summed E-state index contributed by atoms with van der Waals surface area (Å²) in [5, 5.41) is 7.45. The first-order chi connectivity index (χ1) is 21.8. The Labute approximate surface area is 266 Å².